The monoisotopic (exact) mass is 444 g/mol. The van der Waals surface area contributed by atoms with Crippen molar-refractivity contribution in [3.05, 3.63) is 34.4 Å². The first-order valence-electron chi connectivity index (χ1n) is 11.2. The summed E-state index contributed by atoms with van der Waals surface area (Å²) in [5, 5.41) is 0. The Morgan fingerprint density at radius 1 is 1.31 bits per heavy atom. The van der Waals surface area contributed by atoms with Crippen LogP contribution in [0, 0.1) is 17.8 Å². The molecule has 0 N–H and O–H groups in total. The molecule has 0 aromatic rings. The van der Waals surface area contributed by atoms with E-state index in [0.717, 1.165) is 11.1 Å². The Balaban J connectivity index is 2.10. The molecular formula is C25H32O7. The van der Waals surface area contributed by atoms with Crippen LogP contribution >= 0.6 is 0 Å². The first-order valence-corrected chi connectivity index (χ1v) is 11.2. The number of carbonyl (C=O) groups is 4. The highest BCUT2D eigenvalue weighted by Crippen LogP contribution is 2.51. The summed E-state index contributed by atoms with van der Waals surface area (Å²) in [6.45, 7) is 12.1. The van der Waals surface area contributed by atoms with Crippen LogP contribution in [0.2, 0.25) is 0 Å². The van der Waals surface area contributed by atoms with Crippen molar-refractivity contribution in [3.8, 4) is 0 Å². The second-order valence-corrected chi connectivity index (χ2v) is 9.28. The van der Waals surface area contributed by atoms with Crippen molar-refractivity contribution in [2.24, 2.45) is 17.8 Å². The van der Waals surface area contributed by atoms with E-state index in [1.807, 2.05) is 20.8 Å². The molecule has 3 aliphatic rings. The lowest BCUT2D eigenvalue weighted by Crippen LogP contribution is -2.51. The van der Waals surface area contributed by atoms with E-state index in [9.17, 15) is 19.2 Å². The maximum absolute atomic E-state index is 13.1. The number of rotatable bonds is 5. The largest absolute Gasteiger partial charge is 0.461 e. The highest BCUT2D eigenvalue weighted by atomic mass is 16.6. The van der Waals surface area contributed by atoms with Gasteiger partial charge < -0.3 is 14.2 Å². The normalized spacial score (nSPS) is 33.1. The summed E-state index contributed by atoms with van der Waals surface area (Å²) in [4.78, 5) is 51.2. The van der Waals surface area contributed by atoms with E-state index in [1.54, 1.807) is 32.9 Å². The van der Waals surface area contributed by atoms with Gasteiger partial charge >= 0.3 is 17.9 Å². The number of allylic oxidation sites excluding steroid dienone is 2. The number of ether oxygens (including phenoxy) is 3. The van der Waals surface area contributed by atoms with Crippen molar-refractivity contribution >= 4 is 23.7 Å². The van der Waals surface area contributed by atoms with Gasteiger partial charge in [-0.05, 0) is 47.1 Å². The second-order valence-electron chi connectivity index (χ2n) is 9.28. The molecule has 1 saturated heterocycles. The van der Waals surface area contributed by atoms with Gasteiger partial charge in [-0.25, -0.2) is 9.59 Å². The predicted molar refractivity (Wildman–Crippen MR) is 116 cm³/mol. The highest BCUT2D eigenvalue weighted by molar-refractivity contribution is 6.09. The Morgan fingerprint density at radius 3 is 2.56 bits per heavy atom. The van der Waals surface area contributed by atoms with Gasteiger partial charge in [0.25, 0.3) is 0 Å². The summed E-state index contributed by atoms with van der Waals surface area (Å²) in [7, 11) is 0. The van der Waals surface area contributed by atoms with Crippen molar-refractivity contribution in [3.63, 3.8) is 0 Å². The Morgan fingerprint density at radius 2 is 1.97 bits per heavy atom. The molecule has 1 aliphatic heterocycles. The van der Waals surface area contributed by atoms with Gasteiger partial charge in [-0.15, -0.1) is 0 Å². The average Bonchev–Trinajstić information content (AvgIpc) is 3.12. The first kappa shape index (κ1) is 24.0. The zero-order valence-electron chi connectivity index (χ0n) is 19.8. The average molecular weight is 445 g/mol. The van der Waals surface area contributed by atoms with E-state index < -0.39 is 47.6 Å². The molecule has 6 atom stereocenters. The van der Waals surface area contributed by atoms with Gasteiger partial charge in [0, 0.05) is 23.5 Å². The predicted octanol–water partition coefficient (Wildman–Crippen LogP) is 3.62. The fourth-order valence-corrected chi connectivity index (χ4v) is 4.85. The van der Waals surface area contributed by atoms with Crippen LogP contribution in [-0.4, -0.2) is 41.5 Å². The zero-order valence-corrected chi connectivity index (χ0v) is 19.8. The lowest BCUT2D eigenvalue weighted by atomic mass is 9.77. The van der Waals surface area contributed by atoms with Crippen LogP contribution in [0.3, 0.4) is 0 Å². The molecule has 0 bridgehead atoms. The second kappa shape index (κ2) is 8.68. The van der Waals surface area contributed by atoms with E-state index in [2.05, 4.69) is 0 Å². The Bertz CT molecular complexity index is 953. The maximum atomic E-state index is 13.1. The molecule has 3 rings (SSSR count). The van der Waals surface area contributed by atoms with E-state index in [1.165, 1.54) is 6.92 Å². The highest BCUT2D eigenvalue weighted by Gasteiger charge is 2.65. The molecule has 7 nitrogen and oxygen atoms in total. The summed E-state index contributed by atoms with van der Waals surface area (Å²) >= 11 is 0. The number of hydrogen-bond acceptors (Lipinski definition) is 7. The fourth-order valence-electron chi connectivity index (χ4n) is 4.85. The number of fused-ring (bicyclic) bond motifs is 3. The Hall–Kier alpha value is -2.70. The number of carbonyl (C=O) groups excluding carboxylic acids is 4. The molecule has 1 heterocycles. The Kier molecular flexibility index (Phi) is 6.50. The lowest BCUT2D eigenvalue weighted by molar-refractivity contribution is -0.177. The van der Waals surface area contributed by atoms with E-state index in [-0.39, 0.29) is 18.1 Å². The van der Waals surface area contributed by atoms with E-state index in [0.29, 0.717) is 17.6 Å². The maximum Gasteiger partial charge on any atom is 0.351 e. The summed E-state index contributed by atoms with van der Waals surface area (Å²) in [5.74, 6) is -3.38. The molecular weight excluding hydrogens is 412 g/mol. The van der Waals surface area contributed by atoms with Gasteiger partial charge in [0.05, 0.1) is 11.8 Å². The number of ketones is 1. The smallest absolute Gasteiger partial charge is 0.351 e. The van der Waals surface area contributed by atoms with E-state index >= 15 is 0 Å². The Labute approximate surface area is 188 Å². The summed E-state index contributed by atoms with van der Waals surface area (Å²) in [5.41, 5.74) is 0.840. The van der Waals surface area contributed by atoms with Crippen molar-refractivity contribution < 1.29 is 33.4 Å². The minimum absolute atomic E-state index is 0.121. The van der Waals surface area contributed by atoms with Gasteiger partial charge in [0.1, 0.15) is 12.2 Å². The van der Waals surface area contributed by atoms with Crippen LogP contribution in [0.4, 0.5) is 0 Å². The van der Waals surface area contributed by atoms with Crippen molar-refractivity contribution in [2.75, 3.05) is 0 Å². The van der Waals surface area contributed by atoms with Gasteiger partial charge in [0.15, 0.2) is 5.78 Å². The van der Waals surface area contributed by atoms with Gasteiger partial charge in [-0.2, -0.15) is 0 Å². The van der Waals surface area contributed by atoms with Gasteiger partial charge in [-0.1, -0.05) is 31.1 Å². The van der Waals surface area contributed by atoms with Gasteiger partial charge in [0.2, 0.25) is 5.60 Å². The summed E-state index contributed by atoms with van der Waals surface area (Å²) < 4.78 is 17.5. The molecule has 32 heavy (non-hydrogen) atoms. The summed E-state index contributed by atoms with van der Waals surface area (Å²) in [6, 6.07) is 0. The van der Waals surface area contributed by atoms with Crippen LogP contribution in [0.15, 0.2) is 34.4 Å². The third-order valence-electron chi connectivity index (χ3n) is 7.10. The molecule has 0 saturated carbocycles. The minimum Gasteiger partial charge on any atom is -0.461 e. The summed E-state index contributed by atoms with van der Waals surface area (Å²) in [6.07, 6.45) is 2.46. The minimum atomic E-state index is -1.66. The van der Waals surface area contributed by atoms with Crippen molar-refractivity contribution in [1.29, 1.82) is 0 Å². The molecule has 0 aromatic carbocycles. The van der Waals surface area contributed by atoms with Crippen LogP contribution in [0.25, 0.3) is 0 Å². The topological polar surface area (TPSA) is 96.0 Å². The molecule has 0 spiro atoms. The molecule has 174 valence electrons. The molecule has 0 unspecified atom stereocenters. The molecule has 2 aliphatic carbocycles. The molecule has 0 aromatic heterocycles. The quantitative estimate of drug-likeness (QED) is 0.363. The van der Waals surface area contributed by atoms with Gasteiger partial charge in [-0.3, -0.25) is 9.59 Å². The first-order chi connectivity index (χ1) is 15.0. The standard InChI is InChI=1S/C25H32O7/c1-8-12(3)22(27)30-17-11-15(6)18-16(26)10-14(5)19(18)21-20(17)25(7,24(29)31-21)32-23(28)13(4)9-2/h9-10,12,17,19-21H,8,11H2,1-7H3/b13-9-/t12-,17+,19-,20-,21+,25+/m1/s1. The van der Waals surface area contributed by atoms with Crippen LogP contribution in [0.1, 0.15) is 61.3 Å². The van der Waals surface area contributed by atoms with Crippen LogP contribution in [-0.2, 0) is 33.4 Å². The molecule has 0 radical (unpaired) electrons. The molecule has 0 amide bonds. The number of esters is 3. The van der Waals surface area contributed by atoms with Crippen molar-refractivity contribution in [1.82, 2.24) is 0 Å². The van der Waals surface area contributed by atoms with Crippen LogP contribution in [0.5, 0.6) is 0 Å². The number of hydrogen-bond donors (Lipinski definition) is 0. The zero-order chi connectivity index (χ0) is 24.0. The molecule has 7 heteroatoms. The SMILES string of the molecule is C/C=C(/C)C(=O)O[C@]1(C)C(=O)O[C@H]2[C@@H]3C(C)=CC(=O)C3=C(C)C[C@H](OC(=O)[C@H](C)CC)[C@H]21. The third kappa shape index (κ3) is 3.82. The third-order valence-corrected chi connectivity index (χ3v) is 7.10. The van der Waals surface area contributed by atoms with E-state index in [4.69, 9.17) is 14.2 Å². The lowest BCUT2D eigenvalue weighted by Gasteiger charge is -2.35. The van der Waals surface area contributed by atoms with Crippen molar-refractivity contribution in [2.45, 2.75) is 79.1 Å². The molecule has 1 fully saturated rings. The fraction of sp³-hybridized carbons (Fsp3) is 0.600. The van der Waals surface area contributed by atoms with Crippen LogP contribution < -0.4 is 0 Å².